The molecule has 2 aliphatic heterocycles. The van der Waals surface area contributed by atoms with Crippen LogP contribution in [0.1, 0.15) is 40.7 Å². The topological polar surface area (TPSA) is 69.4 Å². The maximum absolute atomic E-state index is 13.5. The number of carbonyl (C=O) groups is 1. The van der Waals surface area contributed by atoms with Crippen LogP contribution in [-0.4, -0.2) is 43.6 Å². The second-order valence-electron chi connectivity index (χ2n) is 9.63. The number of fused-ring (bicyclic) bond motifs is 4. The van der Waals surface area contributed by atoms with Crippen LogP contribution >= 0.6 is 11.6 Å². The average Bonchev–Trinajstić information content (AvgIpc) is 3.02. The molecule has 0 saturated heterocycles. The van der Waals surface area contributed by atoms with Gasteiger partial charge >= 0.3 is 6.18 Å². The van der Waals surface area contributed by atoms with Crippen LogP contribution in [0.3, 0.4) is 0 Å². The Hall–Kier alpha value is -3.27. The Morgan fingerprint density at radius 3 is 2.66 bits per heavy atom. The summed E-state index contributed by atoms with van der Waals surface area (Å²) in [4.78, 5) is 32.2. The quantitative estimate of drug-likeness (QED) is 0.541. The zero-order valence-electron chi connectivity index (χ0n) is 18.8. The van der Waals surface area contributed by atoms with Crippen molar-refractivity contribution in [1.82, 2.24) is 19.0 Å². The summed E-state index contributed by atoms with van der Waals surface area (Å²) >= 11 is 5.89. The van der Waals surface area contributed by atoms with E-state index in [1.807, 2.05) is 13.8 Å². The highest BCUT2D eigenvalue weighted by Crippen LogP contribution is 2.67. The van der Waals surface area contributed by atoms with Crippen LogP contribution in [-0.2, 0) is 18.1 Å². The molecular weight excluding hydrogens is 485 g/mol. The fourth-order valence-corrected chi connectivity index (χ4v) is 5.77. The van der Waals surface area contributed by atoms with Crippen molar-refractivity contribution in [3.8, 4) is 11.4 Å². The summed E-state index contributed by atoms with van der Waals surface area (Å²) in [6, 6.07) is 5.46. The van der Waals surface area contributed by atoms with Crippen LogP contribution in [0.15, 0.2) is 41.6 Å². The molecular formula is C24H20ClF3N4O3. The molecule has 1 aliphatic carbocycles. The fraction of sp³-hybridized carbons (Fsp3) is 0.375. The number of carbonyl (C=O) groups excluding carboxylic acids is 1. The predicted molar refractivity (Wildman–Crippen MR) is 120 cm³/mol. The minimum Gasteiger partial charge on any atom is -0.486 e. The largest absolute Gasteiger partial charge is 0.486 e. The number of aromatic nitrogens is 3. The standard InChI is InChI=1S/C24H20ClF3N4O3/c1-13-9-31(12-29-13)17-3-4-18-20(33)30(5-6-32(18)21(17)34)11-23-10-22(23,2)35-19-8-16(25)14(7-15(19)23)24(26,27)28/h3-4,7-9,12H,5-6,10-11H2,1-2H3/t22-,23+/m0/s1. The summed E-state index contributed by atoms with van der Waals surface area (Å²) in [5.41, 5.74) is -0.899. The Kier molecular flexibility index (Phi) is 4.38. The van der Waals surface area contributed by atoms with E-state index in [4.69, 9.17) is 16.3 Å². The molecule has 7 nitrogen and oxygen atoms in total. The third kappa shape index (κ3) is 3.08. The van der Waals surface area contributed by atoms with Gasteiger partial charge in [-0.25, -0.2) is 4.98 Å². The fourth-order valence-electron chi connectivity index (χ4n) is 5.51. The number of hydrogen-bond donors (Lipinski definition) is 0. The summed E-state index contributed by atoms with van der Waals surface area (Å²) < 4.78 is 49.6. The van der Waals surface area contributed by atoms with E-state index in [2.05, 4.69) is 4.98 Å². The molecule has 0 N–H and O–H groups in total. The molecule has 3 aromatic rings. The lowest BCUT2D eigenvalue weighted by Gasteiger charge is -2.32. The van der Waals surface area contributed by atoms with Gasteiger partial charge in [0.05, 0.1) is 28.0 Å². The molecule has 1 amide bonds. The van der Waals surface area contributed by atoms with Crippen LogP contribution in [0.2, 0.25) is 5.02 Å². The third-order valence-corrected chi connectivity index (χ3v) is 7.77. The molecule has 0 bridgehead atoms. The van der Waals surface area contributed by atoms with E-state index in [0.29, 0.717) is 23.4 Å². The molecule has 11 heteroatoms. The van der Waals surface area contributed by atoms with Crippen molar-refractivity contribution in [3.05, 3.63) is 74.7 Å². The maximum atomic E-state index is 13.5. The predicted octanol–water partition coefficient (Wildman–Crippen LogP) is 3.96. The van der Waals surface area contributed by atoms with Crippen molar-refractivity contribution < 1.29 is 22.7 Å². The number of pyridine rings is 1. The molecule has 1 fully saturated rings. The van der Waals surface area contributed by atoms with Gasteiger partial charge in [-0.2, -0.15) is 13.2 Å². The van der Waals surface area contributed by atoms with Gasteiger partial charge in [0.25, 0.3) is 11.5 Å². The van der Waals surface area contributed by atoms with E-state index in [0.717, 1.165) is 11.8 Å². The number of hydrogen-bond acceptors (Lipinski definition) is 4. The molecule has 0 spiro atoms. The lowest BCUT2D eigenvalue weighted by Crippen LogP contribution is -2.48. The van der Waals surface area contributed by atoms with Crippen molar-refractivity contribution >= 4 is 17.5 Å². The number of imidazole rings is 1. The molecule has 2 atom stereocenters. The maximum Gasteiger partial charge on any atom is 0.417 e. The highest BCUT2D eigenvalue weighted by atomic mass is 35.5. The molecule has 6 rings (SSSR count). The number of benzene rings is 1. The van der Waals surface area contributed by atoms with Crippen molar-refractivity contribution in [2.24, 2.45) is 0 Å². The number of nitrogens with zero attached hydrogens (tertiary/aromatic N) is 4. The first-order valence-corrected chi connectivity index (χ1v) is 11.5. The Bertz CT molecular complexity index is 1480. The SMILES string of the molecule is Cc1cn(-c2ccc3n(c2=O)CCN(C[C@@]24C[C@]2(C)Oc2cc(Cl)c(C(F)(F)F)cc24)C3=O)cn1. The van der Waals surface area contributed by atoms with E-state index in [1.54, 1.807) is 34.1 Å². The van der Waals surface area contributed by atoms with Crippen molar-refractivity contribution in [2.75, 3.05) is 13.1 Å². The van der Waals surface area contributed by atoms with E-state index in [9.17, 15) is 22.8 Å². The van der Waals surface area contributed by atoms with Gasteiger partial charge in [-0.05, 0) is 38.1 Å². The Morgan fingerprint density at radius 2 is 1.97 bits per heavy atom. The summed E-state index contributed by atoms with van der Waals surface area (Å²) in [6.45, 7) is 4.36. The van der Waals surface area contributed by atoms with Crippen molar-refractivity contribution in [2.45, 2.75) is 44.0 Å². The van der Waals surface area contributed by atoms with E-state index >= 15 is 0 Å². The van der Waals surface area contributed by atoms with Gasteiger partial charge < -0.3 is 18.8 Å². The van der Waals surface area contributed by atoms with Crippen LogP contribution in [0.25, 0.3) is 5.69 Å². The Morgan fingerprint density at radius 1 is 1.20 bits per heavy atom. The highest BCUT2D eigenvalue weighted by molar-refractivity contribution is 6.31. The van der Waals surface area contributed by atoms with Crippen LogP contribution in [0, 0.1) is 6.92 Å². The van der Waals surface area contributed by atoms with Crippen LogP contribution < -0.4 is 10.3 Å². The first-order valence-electron chi connectivity index (χ1n) is 11.1. The van der Waals surface area contributed by atoms with E-state index in [1.165, 1.54) is 10.6 Å². The van der Waals surface area contributed by atoms with Crippen molar-refractivity contribution in [3.63, 3.8) is 0 Å². The van der Waals surface area contributed by atoms with Crippen molar-refractivity contribution in [1.29, 1.82) is 0 Å². The zero-order chi connectivity index (χ0) is 24.9. The first kappa shape index (κ1) is 22.2. The number of aryl methyl sites for hydroxylation is 1. The van der Waals surface area contributed by atoms with E-state index in [-0.39, 0.29) is 36.8 Å². The molecule has 0 unspecified atom stereocenters. The normalized spacial score (nSPS) is 24.6. The van der Waals surface area contributed by atoms with Gasteiger partial charge in [-0.3, -0.25) is 9.59 Å². The number of rotatable bonds is 3. The molecule has 1 aromatic carbocycles. The molecule has 3 aliphatic rings. The lowest BCUT2D eigenvalue weighted by molar-refractivity contribution is -0.137. The second-order valence-corrected chi connectivity index (χ2v) is 10.0. The van der Waals surface area contributed by atoms with Gasteiger partial charge in [0.2, 0.25) is 0 Å². The molecule has 35 heavy (non-hydrogen) atoms. The number of ether oxygens (including phenoxy) is 1. The van der Waals surface area contributed by atoms with Gasteiger partial charge in [-0.1, -0.05) is 11.6 Å². The highest BCUT2D eigenvalue weighted by Gasteiger charge is 2.73. The second kappa shape index (κ2) is 6.90. The Labute approximate surface area is 202 Å². The minimum atomic E-state index is -4.60. The summed E-state index contributed by atoms with van der Waals surface area (Å²) in [7, 11) is 0. The number of alkyl halides is 3. The molecule has 0 radical (unpaired) electrons. The monoisotopic (exact) mass is 504 g/mol. The zero-order valence-corrected chi connectivity index (χ0v) is 19.6. The Balaban J connectivity index is 1.33. The summed E-state index contributed by atoms with van der Waals surface area (Å²) in [6.07, 6.45) is -0.843. The van der Waals surface area contributed by atoms with E-state index < -0.39 is 27.8 Å². The van der Waals surface area contributed by atoms with Gasteiger partial charge in [0, 0.05) is 37.8 Å². The van der Waals surface area contributed by atoms with Gasteiger partial charge in [-0.15, -0.1) is 0 Å². The van der Waals surface area contributed by atoms with Gasteiger partial charge in [0.15, 0.2) is 0 Å². The summed E-state index contributed by atoms with van der Waals surface area (Å²) in [5.74, 6) is -0.0260. The molecule has 182 valence electrons. The summed E-state index contributed by atoms with van der Waals surface area (Å²) in [5, 5.41) is -0.414. The number of amides is 1. The lowest BCUT2D eigenvalue weighted by atomic mass is 9.91. The third-order valence-electron chi connectivity index (χ3n) is 7.46. The van der Waals surface area contributed by atoms with Crippen LogP contribution in [0.5, 0.6) is 5.75 Å². The minimum absolute atomic E-state index is 0.185. The average molecular weight is 505 g/mol. The first-order chi connectivity index (χ1) is 16.4. The molecule has 4 heterocycles. The smallest absolute Gasteiger partial charge is 0.417 e. The molecule has 1 saturated carbocycles. The molecule has 2 aromatic heterocycles. The number of halogens is 4. The van der Waals surface area contributed by atoms with Gasteiger partial charge in [0.1, 0.15) is 22.7 Å². The van der Waals surface area contributed by atoms with Crippen LogP contribution in [0.4, 0.5) is 13.2 Å².